The van der Waals surface area contributed by atoms with E-state index in [1.54, 1.807) is 18.2 Å². The van der Waals surface area contributed by atoms with Crippen molar-refractivity contribution in [3.63, 3.8) is 0 Å². The van der Waals surface area contributed by atoms with Crippen molar-refractivity contribution in [3.05, 3.63) is 100 Å². The number of benzene rings is 3. The zero-order valence-corrected chi connectivity index (χ0v) is 20.3. The highest BCUT2D eigenvalue weighted by molar-refractivity contribution is 7.77. The average molecular weight is 500 g/mol. The molecule has 5 aromatic rings. The molecule has 1 aliphatic rings. The van der Waals surface area contributed by atoms with Crippen LogP contribution >= 0.6 is 7.49 Å². The molecule has 0 atom stereocenters. The summed E-state index contributed by atoms with van der Waals surface area (Å²) in [5, 5.41) is 9.51. The van der Waals surface area contributed by atoms with Gasteiger partial charge in [0.15, 0.2) is 0 Å². The van der Waals surface area contributed by atoms with Crippen LogP contribution in [0.5, 0.6) is 0 Å². The zero-order valence-electron chi connectivity index (χ0n) is 19.4. The van der Waals surface area contributed by atoms with Crippen molar-refractivity contribution in [1.82, 2.24) is 20.2 Å². The van der Waals surface area contributed by atoms with Gasteiger partial charge in [-0.2, -0.15) is 5.10 Å². The second-order valence-electron chi connectivity index (χ2n) is 9.09. The molecule has 1 saturated heterocycles. The second-order valence-corrected chi connectivity index (χ2v) is 12.3. The van der Waals surface area contributed by atoms with Crippen molar-refractivity contribution in [2.45, 2.75) is 6.42 Å². The normalized spacial score (nSPS) is 15.4. The Morgan fingerprint density at radius 2 is 1.75 bits per heavy atom. The summed E-state index contributed by atoms with van der Waals surface area (Å²) in [5.74, 6) is 0.245. The van der Waals surface area contributed by atoms with Gasteiger partial charge in [-0.15, -0.1) is 0 Å². The summed E-state index contributed by atoms with van der Waals surface area (Å²) in [5.41, 5.74) is 2.18. The number of rotatable bonds is 4. The standard InChI is InChI=1S/C27H24FN5O2P/c28-22-10-9-18(15-24-20-6-2-3-7-21(20)26(34)32-31-24)16-25(22)36(35)13-11-33(12-14-36)27-29-17-19-5-1-4-8-23(19)30-27/h1-10,16-17,35H,11-15H2,(H,32,34). The molecule has 0 unspecified atom stereocenters. The van der Waals surface area contributed by atoms with Gasteiger partial charge in [0, 0.05) is 61.6 Å². The topological polar surface area (TPSA) is 95.0 Å². The first-order valence-corrected chi connectivity index (χ1v) is 13.9. The monoisotopic (exact) mass is 500 g/mol. The maximum Gasteiger partial charge on any atom is 0.272 e. The number of fused-ring (bicyclic) bond motifs is 2. The number of H-pyrrole nitrogens is 1. The van der Waals surface area contributed by atoms with Crippen LogP contribution in [0.4, 0.5) is 10.3 Å². The van der Waals surface area contributed by atoms with Gasteiger partial charge in [0.05, 0.1) is 16.6 Å². The molecule has 9 heteroatoms. The van der Waals surface area contributed by atoms with E-state index in [1.165, 1.54) is 6.07 Å². The average Bonchev–Trinajstić information content (AvgIpc) is 2.91. The number of hydrogen-bond acceptors (Lipinski definition) is 6. The van der Waals surface area contributed by atoms with E-state index in [-0.39, 0.29) is 11.4 Å². The number of para-hydroxylation sites is 1. The van der Waals surface area contributed by atoms with Gasteiger partial charge in [0.2, 0.25) is 5.95 Å². The Morgan fingerprint density at radius 3 is 2.58 bits per heavy atom. The molecule has 2 N–H and O–H groups in total. The highest BCUT2D eigenvalue weighted by Gasteiger charge is 2.35. The molecule has 0 spiro atoms. The minimum Gasteiger partial charge on any atom is -0.375 e. The quantitative estimate of drug-likeness (QED) is 0.366. The van der Waals surface area contributed by atoms with Crippen LogP contribution in [0, 0.1) is 5.82 Å². The van der Waals surface area contributed by atoms with Crippen molar-refractivity contribution in [1.29, 1.82) is 0 Å². The first kappa shape index (κ1) is 22.7. The highest BCUT2D eigenvalue weighted by atomic mass is 31.2. The van der Waals surface area contributed by atoms with Crippen LogP contribution < -0.4 is 15.8 Å². The van der Waals surface area contributed by atoms with Crippen LogP contribution in [0.1, 0.15) is 11.3 Å². The smallest absolute Gasteiger partial charge is 0.272 e. The summed E-state index contributed by atoms with van der Waals surface area (Å²) in [7, 11) is -2.70. The second kappa shape index (κ2) is 9.04. The molecule has 36 heavy (non-hydrogen) atoms. The van der Waals surface area contributed by atoms with Gasteiger partial charge in [-0.25, -0.2) is 19.5 Å². The molecule has 3 aromatic carbocycles. The van der Waals surface area contributed by atoms with E-state index in [1.807, 2.05) is 48.7 Å². The molecule has 0 bridgehead atoms. The molecule has 0 saturated carbocycles. The van der Waals surface area contributed by atoms with Gasteiger partial charge in [-0.05, 0) is 29.8 Å². The van der Waals surface area contributed by atoms with Crippen LogP contribution in [-0.2, 0) is 6.42 Å². The third-order valence-corrected chi connectivity index (χ3v) is 9.96. The van der Waals surface area contributed by atoms with E-state index in [2.05, 4.69) is 25.1 Å². The number of aromatic amines is 1. The fourth-order valence-electron chi connectivity index (χ4n) is 4.84. The fraction of sp³-hybridized carbons (Fsp3) is 0.185. The van der Waals surface area contributed by atoms with Crippen LogP contribution in [0.15, 0.2) is 77.7 Å². The summed E-state index contributed by atoms with van der Waals surface area (Å²) in [6.07, 6.45) is 3.15. The minimum absolute atomic E-state index is 0.239. The first-order chi connectivity index (χ1) is 17.5. The van der Waals surface area contributed by atoms with E-state index in [9.17, 15) is 9.69 Å². The Labute approximate surface area is 207 Å². The molecule has 1 aliphatic heterocycles. The third-order valence-electron chi connectivity index (χ3n) is 6.84. The maximum atomic E-state index is 15.0. The third kappa shape index (κ3) is 4.12. The van der Waals surface area contributed by atoms with Crippen molar-refractivity contribution >= 4 is 40.4 Å². The van der Waals surface area contributed by atoms with Gasteiger partial charge >= 0.3 is 0 Å². The lowest BCUT2D eigenvalue weighted by atomic mass is 10.0. The fourth-order valence-corrected chi connectivity index (χ4v) is 7.57. The number of nitrogens with zero attached hydrogens (tertiary/aromatic N) is 4. The SMILES string of the molecule is O=c1[nH]nc(Cc2ccc(F)c([P]3(O)CCN(c4ncc5ccccc5n4)CC3)c2)c2ccccc12. The molecule has 0 aliphatic carbocycles. The van der Waals surface area contributed by atoms with Gasteiger partial charge in [-0.3, -0.25) is 4.79 Å². The Balaban J connectivity index is 1.25. The molecule has 1 radical (unpaired) electrons. The van der Waals surface area contributed by atoms with Crippen molar-refractivity contribution in [3.8, 4) is 0 Å². The molecular formula is C27H24FN5O2P. The molecule has 1 fully saturated rings. The van der Waals surface area contributed by atoms with Crippen LogP contribution in [-0.4, -0.2) is 50.5 Å². The van der Waals surface area contributed by atoms with Gasteiger partial charge < -0.3 is 9.79 Å². The molecule has 6 rings (SSSR count). The first-order valence-electron chi connectivity index (χ1n) is 11.8. The highest BCUT2D eigenvalue weighted by Crippen LogP contribution is 2.55. The van der Waals surface area contributed by atoms with Gasteiger partial charge in [0.25, 0.3) is 5.56 Å². The Morgan fingerprint density at radius 1 is 1.00 bits per heavy atom. The summed E-state index contributed by atoms with van der Waals surface area (Å²) >= 11 is 0. The van der Waals surface area contributed by atoms with Crippen LogP contribution in [0.3, 0.4) is 0 Å². The zero-order chi connectivity index (χ0) is 24.7. The molecular weight excluding hydrogens is 476 g/mol. The van der Waals surface area contributed by atoms with Crippen molar-refractivity contribution in [2.24, 2.45) is 0 Å². The molecule has 2 aromatic heterocycles. The molecule has 3 heterocycles. The lowest BCUT2D eigenvalue weighted by molar-refractivity contribution is 0.585. The maximum absolute atomic E-state index is 15.0. The Kier molecular flexibility index (Phi) is 5.70. The van der Waals surface area contributed by atoms with Crippen molar-refractivity contribution < 1.29 is 9.28 Å². The summed E-state index contributed by atoms with van der Waals surface area (Å²) in [6.45, 7) is 1.11. The minimum atomic E-state index is -2.70. The van der Waals surface area contributed by atoms with E-state index in [0.717, 1.165) is 21.9 Å². The molecule has 0 amide bonds. The molecule has 7 nitrogen and oxygen atoms in total. The number of hydrogen-bond donors (Lipinski definition) is 2. The number of anilines is 1. The summed E-state index contributed by atoms with van der Waals surface area (Å²) in [4.78, 5) is 34.9. The number of aromatic nitrogens is 4. The summed E-state index contributed by atoms with van der Waals surface area (Å²) < 4.78 is 15.0. The number of nitrogens with one attached hydrogen (secondary N) is 1. The Bertz CT molecular complexity index is 1650. The van der Waals surface area contributed by atoms with E-state index in [0.29, 0.717) is 54.2 Å². The van der Waals surface area contributed by atoms with Crippen LogP contribution in [0.25, 0.3) is 21.7 Å². The van der Waals surface area contributed by atoms with Gasteiger partial charge in [-0.1, -0.05) is 42.5 Å². The van der Waals surface area contributed by atoms with E-state index >= 15 is 4.39 Å². The van der Waals surface area contributed by atoms with Crippen LogP contribution in [0.2, 0.25) is 0 Å². The summed E-state index contributed by atoms with van der Waals surface area (Å²) in [6, 6.07) is 20.0. The lowest BCUT2D eigenvalue weighted by Crippen LogP contribution is -2.41. The predicted octanol–water partition coefficient (Wildman–Crippen LogP) is 3.67. The largest absolute Gasteiger partial charge is 0.375 e. The molecule has 181 valence electrons. The van der Waals surface area contributed by atoms with Crippen molar-refractivity contribution in [2.75, 3.05) is 30.3 Å². The number of halogens is 1. The lowest BCUT2D eigenvalue weighted by Gasteiger charge is -2.40. The van der Waals surface area contributed by atoms with Gasteiger partial charge in [0.1, 0.15) is 5.82 Å². The van der Waals surface area contributed by atoms with E-state index in [4.69, 9.17) is 0 Å². The Hall–Kier alpha value is -3.74. The predicted molar refractivity (Wildman–Crippen MR) is 142 cm³/mol. The van der Waals surface area contributed by atoms with E-state index < -0.39 is 7.49 Å².